The maximum absolute atomic E-state index is 12.4. The molecule has 2 aromatic rings. The zero-order valence-electron chi connectivity index (χ0n) is 13.3. The molecule has 0 saturated carbocycles. The van der Waals surface area contributed by atoms with Gasteiger partial charge in [0.15, 0.2) is 0 Å². The van der Waals surface area contributed by atoms with E-state index < -0.39 is 11.8 Å². The minimum absolute atomic E-state index is 0.0601. The van der Waals surface area contributed by atoms with Crippen molar-refractivity contribution < 1.29 is 9.59 Å². The summed E-state index contributed by atoms with van der Waals surface area (Å²) in [6.45, 7) is 1.41. The van der Waals surface area contributed by atoms with Crippen LogP contribution in [0, 0.1) is 5.41 Å². The number of rotatable bonds is 4. The highest BCUT2D eigenvalue weighted by Crippen LogP contribution is 2.26. The topological polar surface area (TPSA) is 82.1 Å². The Hall–Kier alpha value is -2.63. The maximum atomic E-state index is 12.4. The van der Waals surface area contributed by atoms with Crippen LogP contribution in [0.2, 0.25) is 10.0 Å². The number of amidine groups is 1. The first kappa shape index (κ1) is 18.7. The number of amides is 2. The molecule has 0 aliphatic rings. The van der Waals surface area contributed by atoms with Crippen LogP contribution in [-0.2, 0) is 4.79 Å². The van der Waals surface area contributed by atoms with Gasteiger partial charge in [-0.2, -0.15) is 0 Å². The molecule has 3 N–H and O–H groups in total. The third-order valence-corrected chi connectivity index (χ3v) is 3.78. The van der Waals surface area contributed by atoms with Gasteiger partial charge in [-0.25, -0.2) is 0 Å². The lowest BCUT2D eigenvalue weighted by atomic mass is 10.1. The molecule has 0 aromatic heterocycles. The second-order valence-corrected chi connectivity index (χ2v) is 5.91. The van der Waals surface area contributed by atoms with Crippen molar-refractivity contribution in [1.29, 1.82) is 5.41 Å². The first-order valence-electron chi connectivity index (χ1n) is 7.27. The van der Waals surface area contributed by atoms with Crippen LogP contribution in [0.15, 0.2) is 54.2 Å². The second-order valence-electron chi connectivity index (χ2n) is 5.09. The van der Waals surface area contributed by atoms with E-state index in [9.17, 15) is 9.59 Å². The molecule has 7 heteroatoms. The minimum atomic E-state index is -0.646. The lowest BCUT2D eigenvalue weighted by Crippen LogP contribution is -2.36. The molecule has 0 bridgehead atoms. The molecule has 2 amide bonds. The Labute approximate surface area is 155 Å². The SMILES string of the molecule is CC(=N)NC(=O)/C(=C/c1c(Cl)cccc1Cl)NC(=O)c1ccccc1. The van der Waals surface area contributed by atoms with Crippen LogP contribution < -0.4 is 10.6 Å². The zero-order valence-corrected chi connectivity index (χ0v) is 14.8. The van der Waals surface area contributed by atoms with Crippen LogP contribution in [0.25, 0.3) is 6.08 Å². The van der Waals surface area contributed by atoms with Crippen molar-refractivity contribution in [2.24, 2.45) is 0 Å². The van der Waals surface area contributed by atoms with Crippen molar-refractivity contribution in [2.75, 3.05) is 0 Å². The lowest BCUT2D eigenvalue weighted by Gasteiger charge is -2.11. The summed E-state index contributed by atoms with van der Waals surface area (Å²) >= 11 is 12.2. The smallest absolute Gasteiger partial charge is 0.273 e. The second kappa shape index (κ2) is 8.46. The highest BCUT2D eigenvalue weighted by atomic mass is 35.5. The number of hydrogen-bond donors (Lipinski definition) is 3. The average molecular weight is 376 g/mol. The van der Waals surface area contributed by atoms with Gasteiger partial charge in [0, 0.05) is 21.2 Å². The average Bonchev–Trinajstić information content (AvgIpc) is 2.57. The van der Waals surface area contributed by atoms with E-state index in [0.717, 1.165) is 0 Å². The van der Waals surface area contributed by atoms with Gasteiger partial charge in [0.2, 0.25) is 0 Å². The van der Waals surface area contributed by atoms with E-state index in [-0.39, 0.29) is 11.5 Å². The van der Waals surface area contributed by atoms with Crippen molar-refractivity contribution >= 4 is 46.9 Å². The number of carbonyl (C=O) groups is 2. The molecular formula is C18H15Cl2N3O2. The molecule has 5 nitrogen and oxygen atoms in total. The summed E-state index contributed by atoms with van der Waals surface area (Å²) in [6, 6.07) is 13.4. The predicted molar refractivity (Wildman–Crippen MR) is 99.9 cm³/mol. The number of nitrogens with one attached hydrogen (secondary N) is 3. The molecule has 0 unspecified atom stereocenters. The zero-order chi connectivity index (χ0) is 18.4. The van der Waals surface area contributed by atoms with Crippen LogP contribution in [0.1, 0.15) is 22.8 Å². The molecule has 0 heterocycles. The Morgan fingerprint density at radius 3 is 2.12 bits per heavy atom. The molecule has 2 aromatic carbocycles. The number of benzene rings is 2. The van der Waals surface area contributed by atoms with E-state index in [0.29, 0.717) is 21.2 Å². The van der Waals surface area contributed by atoms with E-state index >= 15 is 0 Å². The summed E-state index contributed by atoms with van der Waals surface area (Å²) < 4.78 is 0. The van der Waals surface area contributed by atoms with Gasteiger partial charge >= 0.3 is 0 Å². The van der Waals surface area contributed by atoms with Crippen molar-refractivity contribution in [3.8, 4) is 0 Å². The fraction of sp³-hybridized carbons (Fsp3) is 0.0556. The van der Waals surface area contributed by atoms with E-state index in [4.69, 9.17) is 28.6 Å². The maximum Gasteiger partial charge on any atom is 0.273 e. The van der Waals surface area contributed by atoms with Crippen LogP contribution in [-0.4, -0.2) is 17.6 Å². The molecule has 0 atom stereocenters. The van der Waals surface area contributed by atoms with Gasteiger partial charge in [0.05, 0.1) is 5.84 Å². The van der Waals surface area contributed by atoms with Gasteiger partial charge in [-0.05, 0) is 37.3 Å². The first-order valence-corrected chi connectivity index (χ1v) is 8.02. The molecule has 0 saturated heterocycles. The van der Waals surface area contributed by atoms with Crippen LogP contribution >= 0.6 is 23.2 Å². The van der Waals surface area contributed by atoms with Gasteiger partial charge < -0.3 is 10.6 Å². The Balaban J connectivity index is 2.40. The Morgan fingerprint density at radius 1 is 0.960 bits per heavy atom. The summed E-state index contributed by atoms with van der Waals surface area (Å²) in [7, 11) is 0. The fourth-order valence-electron chi connectivity index (χ4n) is 1.97. The first-order chi connectivity index (χ1) is 11.9. The lowest BCUT2D eigenvalue weighted by molar-refractivity contribution is -0.116. The third kappa shape index (κ3) is 5.17. The highest BCUT2D eigenvalue weighted by Gasteiger charge is 2.16. The minimum Gasteiger partial charge on any atom is -0.317 e. The van der Waals surface area contributed by atoms with E-state index in [1.54, 1.807) is 48.5 Å². The third-order valence-electron chi connectivity index (χ3n) is 3.12. The molecular weight excluding hydrogens is 361 g/mol. The summed E-state index contributed by atoms with van der Waals surface area (Å²) in [5.41, 5.74) is 0.709. The van der Waals surface area contributed by atoms with E-state index in [1.165, 1.54) is 13.0 Å². The molecule has 0 spiro atoms. The molecule has 128 valence electrons. The number of halogens is 2. The molecule has 25 heavy (non-hydrogen) atoms. The van der Waals surface area contributed by atoms with Crippen molar-refractivity contribution in [3.05, 3.63) is 75.4 Å². The standard InChI is InChI=1S/C18H15Cl2N3O2/c1-11(21)22-18(25)16(10-13-14(19)8-5-9-15(13)20)23-17(24)12-6-3-2-4-7-12/h2-10H,1H3,(H,23,24)(H2,21,22,25)/b16-10-. The van der Waals surface area contributed by atoms with Crippen molar-refractivity contribution in [1.82, 2.24) is 10.6 Å². The van der Waals surface area contributed by atoms with Crippen molar-refractivity contribution in [3.63, 3.8) is 0 Å². The molecule has 0 aliphatic heterocycles. The predicted octanol–water partition coefficient (Wildman–Crippen LogP) is 3.88. The van der Waals surface area contributed by atoms with Crippen LogP contribution in [0.4, 0.5) is 0 Å². The van der Waals surface area contributed by atoms with Crippen LogP contribution in [0.5, 0.6) is 0 Å². The summed E-state index contributed by atoms with van der Waals surface area (Å²) in [5, 5.41) is 12.9. The van der Waals surface area contributed by atoms with Gasteiger partial charge in [-0.15, -0.1) is 0 Å². The molecule has 0 radical (unpaired) electrons. The Kier molecular flexibility index (Phi) is 6.33. The monoisotopic (exact) mass is 375 g/mol. The van der Waals surface area contributed by atoms with Gasteiger partial charge in [0.1, 0.15) is 5.70 Å². The number of carbonyl (C=O) groups excluding carboxylic acids is 2. The normalized spacial score (nSPS) is 10.9. The van der Waals surface area contributed by atoms with Gasteiger partial charge in [-0.3, -0.25) is 15.0 Å². The van der Waals surface area contributed by atoms with Gasteiger partial charge in [-0.1, -0.05) is 47.5 Å². The van der Waals surface area contributed by atoms with Crippen LogP contribution in [0.3, 0.4) is 0 Å². The van der Waals surface area contributed by atoms with Crippen molar-refractivity contribution in [2.45, 2.75) is 6.92 Å². The quantitative estimate of drug-likeness (QED) is 0.430. The fourth-order valence-corrected chi connectivity index (χ4v) is 2.48. The largest absolute Gasteiger partial charge is 0.317 e. The Bertz CT molecular complexity index is 828. The summed E-state index contributed by atoms with van der Waals surface area (Å²) in [4.78, 5) is 24.7. The van der Waals surface area contributed by atoms with Gasteiger partial charge in [0.25, 0.3) is 11.8 Å². The number of hydrogen-bond acceptors (Lipinski definition) is 3. The molecule has 2 rings (SSSR count). The Morgan fingerprint density at radius 2 is 1.56 bits per heavy atom. The molecule has 0 aliphatic carbocycles. The summed E-state index contributed by atoms with van der Waals surface area (Å²) in [6.07, 6.45) is 1.38. The molecule has 0 fully saturated rings. The highest BCUT2D eigenvalue weighted by molar-refractivity contribution is 6.37. The van der Waals surface area contributed by atoms with E-state index in [1.807, 2.05) is 0 Å². The summed E-state index contributed by atoms with van der Waals surface area (Å²) in [5.74, 6) is -1.17. The van der Waals surface area contributed by atoms with E-state index in [2.05, 4.69) is 10.6 Å².